The highest BCUT2D eigenvalue weighted by Crippen LogP contribution is 2.28. The molecule has 0 heterocycles. The van der Waals surface area contributed by atoms with Crippen LogP contribution < -0.4 is 10.6 Å². The molecule has 0 radical (unpaired) electrons. The second kappa shape index (κ2) is 6.09. The Morgan fingerprint density at radius 3 is 2.74 bits per heavy atom. The van der Waals surface area contributed by atoms with E-state index in [0.717, 1.165) is 22.7 Å². The molecule has 1 aromatic rings. The summed E-state index contributed by atoms with van der Waals surface area (Å²) in [5, 5.41) is 6.43. The summed E-state index contributed by atoms with van der Waals surface area (Å²) in [6.07, 6.45) is 3.81. The summed E-state index contributed by atoms with van der Waals surface area (Å²) < 4.78 is 0. The molecule has 1 amide bonds. The molecule has 0 spiro atoms. The molecule has 2 rings (SSSR count). The maximum absolute atomic E-state index is 11.8. The number of hydrogen-bond donors (Lipinski definition) is 2. The first-order chi connectivity index (χ1) is 9.10. The Morgan fingerprint density at radius 2 is 2.16 bits per heavy atom. The van der Waals surface area contributed by atoms with Gasteiger partial charge in [0.2, 0.25) is 0 Å². The van der Waals surface area contributed by atoms with Crippen LogP contribution in [0.25, 0.3) is 0 Å². The molecule has 1 saturated carbocycles. The predicted molar refractivity (Wildman–Crippen MR) is 79.6 cm³/mol. The van der Waals surface area contributed by atoms with Crippen LogP contribution in [-0.2, 0) is 0 Å². The summed E-state index contributed by atoms with van der Waals surface area (Å²) in [7, 11) is 0. The fourth-order valence-electron chi connectivity index (χ4n) is 2.79. The lowest BCUT2D eigenvalue weighted by Gasteiger charge is -2.16. The summed E-state index contributed by atoms with van der Waals surface area (Å²) >= 11 is 0. The van der Waals surface area contributed by atoms with Crippen molar-refractivity contribution in [3.8, 4) is 0 Å². The van der Waals surface area contributed by atoms with Crippen LogP contribution in [0, 0.1) is 12.8 Å². The van der Waals surface area contributed by atoms with Crippen molar-refractivity contribution in [2.45, 2.75) is 46.1 Å². The van der Waals surface area contributed by atoms with Crippen molar-refractivity contribution >= 4 is 11.6 Å². The Bertz CT molecular complexity index is 456. The summed E-state index contributed by atoms with van der Waals surface area (Å²) in [6, 6.07) is 6.48. The van der Waals surface area contributed by atoms with Crippen LogP contribution in [0.4, 0.5) is 5.69 Å². The molecule has 1 aliphatic rings. The summed E-state index contributed by atoms with van der Waals surface area (Å²) in [5.41, 5.74) is 3.04. The van der Waals surface area contributed by atoms with Crippen LogP contribution in [-0.4, -0.2) is 18.5 Å². The second-order valence-corrected chi connectivity index (χ2v) is 5.65. The molecule has 1 aromatic carbocycles. The van der Waals surface area contributed by atoms with Gasteiger partial charge in [-0.1, -0.05) is 6.92 Å². The number of amides is 1. The number of nitrogens with one attached hydrogen (secondary N) is 2. The Balaban J connectivity index is 2.04. The molecule has 0 aliphatic heterocycles. The van der Waals surface area contributed by atoms with E-state index < -0.39 is 0 Å². The van der Waals surface area contributed by atoms with Crippen molar-refractivity contribution in [3.05, 3.63) is 29.3 Å². The average molecular weight is 260 g/mol. The monoisotopic (exact) mass is 260 g/mol. The number of rotatable bonds is 4. The fraction of sp³-hybridized carbons (Fsp3) is 0.562. The molecule has 2 atom stereocenters. The molecule has 0 saturated heterocycles. The van der Waals surface area contributed by atoms with Gasteiger partial charge < -0.3 is 10.6 Å². The normalized spacial score (nSPS) is 22.3. The third-order valence-electron chi connectivity index (χ3n) is 3.88. The van der Waals surface area contributed by atoms with Crippen molar-refractivity contribution in [3.63, 3.8) is 0 Å². The molecule has 104 valence electrons. The van der Waals surface area contributed by atoms with Crippen LogP contribution in [0.3, 0.4) is 0 Å². The second-order valence-electron chi connectivity index (χ2n) is 5.65. The zero-order valence-corrected chi connectivity index (χ0v) is 12.1. The number of aryl methyl sites for hydroxylation is 1. The van der Waals surface area contributed by atoms with Crippen molar-refractivity contribution < 1.29 is 4.79 Å². The molecule has 19 heavy (non-hydrogen) atoms. The maximum atomic E-state index is 11.8. The molecule has 3 nitrogen and oxygen atoms in total. The summed E-state index contributed by atoms with van der Waals surface area (Å²) in [6.45, 7) is 6.97. The molecule has 0 aromatic heterocycles. The van der Waals surface area contributed by atoms with E-state index in [-0.39, 0.29) is 5.91 Å². The standard InChI is InChI=1S/C16H24N2O/c1-4-17-16(19)13-6-8-15(12(3)10-13)18-14-7-5-11(2)9-14/h6,8,10-11,14,18H,4-5,7,9H2,1-3H3,(H,17,19). The highest BCUT2D eigenvalue weighted by molar-refractivity contribution is 5.94. The number of hydrogen-bond acceptors (Lipinski definition) is 2. The number of carbonyl (C=O) groups is 1. The van der Waals surface area contributed by atoms with E-state index >= 15 is 0 Å². The van der Waals surface area contributed by atoms with E-state index in [0.29, 0.717) is 12.6 Å². The van der Waals surface area contributed by atoms with E-state index in [4.69, 9.17) is 0 Å². The van der Waals surface area contributed by atoms with E-state index in [9.17, 15) is 4.79 Å². The van der Waals surface area contributed by atoms with Crippen LogP contribution in [0.1, 0.15) is 49.0 Å². The Labute approximate surface area is 115 Å². The van der Waals surface area contributed by atoms with E-state index in [1.54, 1.807) is 0 Å². The van der Waals surface area contributed by atoms with Gasteiger partial charge in [0.25, 0.3) is 5.91 Å². The highest BCUT2D eigenvalue weighted by atomic mass is 16.1. The lowest BCUT2D eigenvalue weighted by molar-refractivity contribution is 0.0956. The molecule has 0 bridgehead atoms. The zero-order chi connectivity index (χ0) is 13.8. The van der Waals surface area contributed by atoms with Crippen molar-refractivity contribution in [1.29, 1.82) is 0 Å². The van der Waals surface area contributed by atoms with Crippen LogP contribution in [0.5, 0.6) is 0 Å². The molecule has 1 aliphatic carbocycles. The number of carbonyl (C=O) groups excluding carboxylic acids is 1. The van der Waals surface area contributed by atoms with Gasteiger partial charge in [-0.2, -0.15) is 0 Å². The van der Waals surface area contributed by atoms with Gasteiger partial charge >= 0.3 is 0 Å². The minimum absolute atomic E-state index is 0.00615. The van der Waals surface area contributed by atoms with Gasteiger partial charge in [0.15, 0.2) is 0 Å². The van der Waals surface area contributed by atoms with Gasteiger partial charge in [-0.15, -0.1) is 0 Å². The average Bonchev–Trinajstić information content (AvgIpc) is 2.78. The molecule has 2 N–H and O–H groups in total. The third kappa shape index (κ3) is 3.49. The van der Waals surface area contributed by atoms with Crippen LogP contribution >= 0.6 is 0 Å². The molecule has 2 unspecified atom stereocenters. The number of anilines is 1. The first kappa shape index (κ1) is 13.9. The maximum Gasteiger partial charge on any atom is 0.251 e. The van der Waals surface area contributed by atoms with Crippen LogP contribution in [0.15, 0.2) is 18.2 Å². The quantitative estimate of drug-likeness (QED) is 0.871. The topological polar surface area (TPSA) is 41.1 Å². The predicted octanol–water partition coefficient (Wildman–Crippen LogP) is 3.35. The summed E-state index contributed by atoms with van der Waals surface area (Å²) in [4.78, 5) is 11.8. The smallest absolute Gasteiger partial charge is 0.251 e. The highest BCUT2D eigenvalue weighted by Gasteiger charge is 2.21. The van der Waals surface area contributed by atoms with Gasteiger partial charge in [0.05, 0.1) is 0 Å². The van der Waals surface area contributed by atoms with E-state index in [2.05, 4.69) is 24.5 Å². The molecular weight excluding hydrogens is 236 g/mol. The molecule has 3 heteroatoms. The third-order valence-corrected chi connectivity index (χ3v) is 3.88. The zero-order valence-electron chi connectivity index (χ0n) is 12.1. The lowest BCUT2D eigenvalue weighted by atomic mass is 10.1. The Hall–Kier alpha value is -1.51. The first-order valence-electron chi connectivity index (χ1n) is 7.25. The minimum atomic E-state index is 0.00615. The van der Waals surface area contributed by atoms with Crippen molar-refractivity contribution in [2.75, 3.05) is 11.9 Å². The molecule has 1 fully saturated rings. The van der Waals surface area contributed by atoms with Crippen molar-refractivity contribution in [2.24, 2.45) is 5.92 Å². The fourth-order valence-corrected chi connectivity index (χ4v) is 2.79. The van der Waals surface area contributed by atoms with E-state index in [1.165, 1.54) is 19.3 Å². The van der Waals surface area contributed by atoms with Crippen molar-refractivity contribution in [1.82, 2.24) is 5.32 Å². The summed E-state index contributed by atoms with van der Waals surface area (Å²) in [5.74, 6) is 0.832. The van der Waals surface area contributed by atoms with Gasteiger partial charge in [0.1, 0.15) is 0 Å². The van der Waals surface area contributed by atoms with Gasteiger partial charge in [-0.05, 0) is 62.8 Å². The van der Waals surface area contributed by atoms with Crippen LogP contribution in [0.2, 0.25) is 0 Å². The van der Waals surface area contributed by atoms with Gasteiger partial charge in [0, 0.05) is 23.8 Å². The van der Waals surface area contributed by atoms with Gasteiger partial charge in [-0.25, -0.2) is 0 Å². The lowest BCUT2D eigenvalue weighted by Crippen LogP contribution is -2.23. The largest absolute Gasteiger partial charge is 0.382 e. The minimum Gasteiger partial charge on any atom is -0.382 e. The molecular formula is C16H24N2O. The van der Waals surface area contributed by atoms with Gasteiger partial charge in [-0.3, -0.25) is 4.79 Å². The SMILES string of the molecule is CCNC(=O)c1ccc(NC2CCC(C)C2)c(C)c1. The Kier molecular flexibility index (Phi) is 4.46. The Morgan fingerprint density at radius 1 is 1.37 bits per heavy atom. The number of benzene rings is 1. The van der Waals surface area contributed by atoms with E-state index in [1.807, 2.05) is 25.1 Å². The first-order valence-corrected chi connectivity index (χ1v) is 7.25.